The third kappa shape index (κ3) is 5.97. The lowest BCUT2D eigenvalue weighted by atomic mass is 10.2. The Morgan fingerprint density at radius 2 is 2.28 bits per heavy atom. The summed E-state index contributed by atoms with van der Waals surface area (Å²) in [6.07, 6.45) is 2.00. The maximum atomic E-state index is 6.15. The fourth-order valence-corrected chi connectivity index (χ4v) is 3.09. The third-order valence-electron chi connectivity index (χ3n) is 4.20. The predicted molar refractivity (Wildman–Crippen MR) is 104 cm³/mol. The fourth-order valence-electron chi connectivity index (χ4n) is 2.92. The predicted octanol–water partition coefficient (Wildman–Crippen LogP) is 2.52. The molecule has 1 aliphatic heterocycles. The van der Waals surface area contributed by atoms with Gasteiger partial charge in [-0.1, -0.05) is 11.6 Å². The van der Waals surface area contributed by atoms with Gasteiger partial charge in [0, 0.05) is 51.0 Å². The first-order valence-electron chi connectivity index (χ1n) is 8.81. The van der Waals surface area contributed by atoms with Gasteiger partial charge < -0.3 is 25.0 Å². The van der Waals surface area contributed by atoms with E-state index in [-0.39, 0.29) is 0 Å². The van der Waals surface area contributed by atoms with E-state index in [2.05, 4.69) is 20.5 Å². The van der Waals surface area contributed by atoms with Gasteiger partial charge in [0.05, 0.1) is 12.8 Å². The minimum Gasteiger partial charge on any atom is -0.495 e. The molecular formula is C18H29ClN4O2. The molecule has 1 aromatic rings. The highest BCUT2D eigenvalue weighted by molar-refractivity contribution is 6.30. The second-order valence-electron chi connectivity index (χ2n) is 5.94. The number of ether oxygens (including phenoxy) is 2. The molecule has 1 saturated heterocycles. The Morgan fingerprint density at radius 1 is 1.44 bits per heavy atom. The molecule has 0 radical (unpaired) electrons. The molecule has 0 aromatic heterocycles. The molecule has 0 saturated carbocycles. The molecular weight excluding hydrogens is 340 g/mol. The van der Waals surface area contributed by atoms with E-state index in [1.165, 1.54) is 0 Å². The molecule has 2 rings (SSSR count). The Morgan fingerprint density at radius 3 is 3.00 bits per heavy atom. The molecule has 1 aromatic carbocycles. The van der Waals surface area contributed by atoms with Crippen LogP contribution in [0, 0.1) is 0 Å². The summed E-state index contributed by atoms with van der Waals surface area (Å²) in [5.74, 6) is 1.69. The average Bonchev–Trinajstić information content (AvgIpc) is 3.09. The maximum absolute atomic E-state index is 6.15. The van der Waals surface area contributed by atoms with Gasteiger partial charge in [0.15, 0.2) is 5.96 Å². The lowest BCUT2D eigenvalue weighted by molar-refractivity contribution is 0.145. The van der Waals surface area contributed by atoms with E-state index in [4.69, 9.17) is 21.1 Å². The number of nitrogens with zero attached hydrogens (tertiary/aromatic N) is 2. The number of hydrogen-bond donors (Lipinski definition) is 2. The van der Waals surface area contributed by atoms with Crippen LogP contribution in [0.4, 0.5) is 5.69 Å². The highest BCUT2D eigenvalue weighted by Gasteiger charge is 2.25. The second-order valence-corrected chi connectivity index (χ2v) is 6.38. The van der Waals surface area contributed by atoms with Gasteiger partial charge in [-0.3, -0.25) is 4.99 Å². The number of nitrogens with one attached hydrogen (secondary N) is 2. The van der Waals surface area contributed by atoms with Crippen LogP contribution >= 0.6 is 11.6 Å². The standard InChI is InChI=1S/C18H29ClN4O2/c1-4-25-11-5-9-21-18(20-2)22-15-8-10-23(13-15)16-12-14(19)6-7-17(16)24-3/h6-7,12,15H,4-5,8-11,13H2,1-3H3,(H2,20,21,22). The van der Waals surface area contributed by atoms with E-state index < -0.39 is 0 Å². The summed E-state index contributed by atoms with van der Waals surface area (Å²) < 4.78 is 10.8. The van der Waals surface area contributed by atoms with Gasteiger partial charge in [0.1, 0.15) is 5.75 Å². The number of methoxy groups -OCH3 is 1. The van der Waals surface area contributed by atoms with Crippen molar-refractivity contribution in [3.8, 4) is 5.75 Å². The van der Waals surface area contributed by atoms with Gasteiger partial charge in [-0.2, -0.15) is 0 Å². The van der Waals surface area contributed by atoms with Gasteiger partial charge in [0.2, 0.25) is 0 Å². The number of rotatable bonds is 8. The minimum atomic E-state index is 0.335. The number of hydrogen-bond acceptors (Lipinski definition) is 4. The summed E-state index contributed by atoms with van der Waals surface area (Å²) in [5.41, 5.74) is 1.04. The second kappa shape index (κ2) is 10.4. The number of halogens is 1. The number of benzene rings is 1. The molecule has 1 aliphatic rings. The van der Waals surface area contributed by atoms with E-state index in [1.54, 1.807) is 14.2 Å². The van der Waals surface area contributed by atoms with Gasteiger partial charge in [-0.25, -0.2) is 0 Å². The molecule has 2 N–H and O–H groups in total. The Balaban J connectivity index is 1.84. The van der Waals surface area contributed by atoms with E-state index in [1.807, 2.05) is 25.1 Å². The fraction of sp³-hybridized carbons (Fsp3) is 0.611. The third-order valence-corrected chi connectivity index (χ3v) is 4.43. The normalized spacial score (nSPS) is 17.7. The van der Waals surface area contributed by atoms with E-state index in [9.17, 15) is 0 Å². The van der Waals surface area contributed by atoms with E-state index in [0.29, 0.717) is 6.04 Å². The Hall–Kier alpha value is -1.66. The van der Waals surface area contributed by atoms with Crippen molar-refractivity contribution in [1.82, 2.24) is 10.6 Å². The quantitative estimate of drug-likeness (QED) is 0.419. The van der Waals surface area contributed by atoms with Crippen molar-refractivity contribution >= 4 is 23.2 Å². The molecule has 0 aliphatic carbocycles. The smallest absolute Gasteiger partial charge is 0.191 e. The Kier molecular flexibility index (Phi) is 8.15. The largest absolute Gasteiger partial charge is 0.495 e. The van der Waals surface area contributed by atoms with Gasteiger partial charge in [0.25, 0.3) is 0 Å². The number of anilines is 1. The van der Waals surface area contributed by atoms with Crippen molar-refractivity contribution in [1.29, 1.82) is 0 Å². The summed E-state index contributed by atoms with van der Waals surface area (Å²) in [7, 11) is 3.48. The molecule has 1 unspecified atom stereocenters. The minimum absolute atomic E-state index is 0.335. The van der Waals surface area contributed by atoms with Crippen molar-refractivity contribution in [3.05, 3.63) is 23.2 Å². The van der Waals surface area contributed by atoms with Crippen LogP contribution in [0.2, 0.25) is 5.02 Å². The Labute approximate surface area is 155 Å². The van der Waals surface area contributed by atoms with Crippen LogP contribution in [0.15, 0.2) is 23.2 Å². The lowest BCUT2D eigenvalue weighted by Gasteiger charge is -2.22. The molecule has 1 heterocycles. The zero-order valence-electron chi connectivity index (χ0n) is 15.3. The summed E-state index contributed by atoms with van der Waals surface area (Å²) in [4.78, 5) is 6.60. The van der Waals surface area contributed by atoms with Crippen LogP contribution < -0.4 is 20.3 Å². The first-order chi connectivity index (χ1) is 12.2. The molecule has 7 heteroatoms. The summed E-state index contributed by atoms with van der Waals surface area (Å²) in [6, 6.07) is 6.06. The summed E-state index contributed by atoms with van der Waals surface area (Å²) in [5, 5.41) is 7.55. The molecule has 0 amide bonds. The zero-order chi connectivity index (χ0) is 18.1. The number of aliphatic imine (C=N–C) groups is 1. The van der Waals surface area contributed by atoms with Crippen LogP contribution in [0.5, 0.6) is 5.75 Å². The van der Waals surface area contributed by atoms with Crippen LogP contribution in [-0.2, 0) is 4.74 Å². The van der Waals surface area contributed by atoms with Crippen LogP contribution in [0.3, 0.4) is 0 Å². The first-order valence-corrected chi connectivity index (χ1v) is 9.19. The molecule has 25 heavy (non-hydrogen) atoms. The highest BCUT2D eigenvalue weighted by Crippen LogP contribution is 2.33. The van der Waals surface area contributed by atoms with Gasteiger partial charge in [-0.15, -0.1) is 0 Å². The van der Waals surface area contributed by atoms with Crippen molar-refractivity contribution < 1.29 is 9.47 Å². The first kappa shape index (κ1) is 19.7. The molecule has 1 fully saturated rings. The lowest BCUT2D eigenvalue weighted by Crippen LogP contribution is -2.45. The van der Waals surface area contributed by atoms with Crippen LogP contribution in [0.1, 0.15) is 19.8 Å². The zero-order valence-corrected chi connectivity index (χ0v) is 16.1. The van der Waals surface area contributed by atoms with Crippen LogP contribution in [-0.4, -0.2) is 59.0 Å². The molecule has 0 spiro atoms. The van der Waals surface area contributed by atoms with Crippen molar-refractivity contribution in [3.63, 3.8) is 0 Å². The van der Waals surface area contributed by atoms with E-state index >= 15 is 0 Å². The Bertz CT molecular complexity index is 568. The summed E-state index contributed by atoms with van der Waals surface area (Å²) in [6.45, 7) is 6.23. The van der Waals surface area contributed by atoms with E-state index in [0.717, 1.165) is 68.1 Å². The van der Waals surface area contributed by atoms with Gasteiger partial charge in [-0.05, 0) is 38.0 Å². The average molecular weight is 369 g/mol. The molecule has 0 bridgehead atoms. The maximum Gasteiger partial charge on any atom is 0.191 e. The van der Waals surface area contributed by atoms with Crippen molar-refractivity contribution in [2.24, 2.45) is 4.99 Å². The molecule has 6 nitrogen and oxygen atoms in total. The van der Waals surface area contributed by atoms with Crippen LogP contribution in [0.25, 0.3) is 0 Å². The van der Waals surface area contributed by atoms with Gasteiger partial charge >= 0.3 is 0 Å². The molecule has 1 atom stereocenters. The SMILES string of the molecule is CCOCCCNC(=NC)NC1CCN(c2cc(Cl)ccc2OC)C1. The van der Waals surface area contributed by atoms with Crippen molar-refractivity contribution in [2.75, 3.05) is 51.9 Å². The summed E-state index contributed by atoms with van der Waals surface area (Å²) >= 11 is 6.15. The molecule has 140 valence electrons. The number of guanidine groups is 1. The van der Waals surface area contributed by atoms with Crippen molar-refractivity contribution in [2.45, 2.75) is 25.8 Å². The monoisotopic (exact) mass is 368 g/mol. The highest BCUT2D eigenvalue weighted by atomic mass is 35.5. The topological polar surface area (TPSA) is 58.1 Å².